The van der Waals surface area contributed by atoms with Crippen LogP contribution in [-0.4, -0.2) is 30.3 Å². The van der Waals surface area contributed by atoms with E-state index in [9.17, 15) is 8.42 Å². The van der Waals surface area contributed by atoms with Crippen LogP contribution in [0.4, 0.5) is 0 Å². The van der Waals surface area contributed by atoms with Crippen molar-refractivity contribution in [3.63, 3.8) is 0 Å². The average molecular weight is 291 g/mol. The highest BCUT2D eigenvalue weighted by Gasteiger charge is 2.29. The number of hydrogen-bond donors (Lipinski definition) is 0. The zero-order valence-corrected chi connectivity index (χ0v) is 12.7. The highest BCUT2D eigenvalue weighted by molar-refractivity contribution is 7.89. The van der Waals surface area contributed by atoms with Gasteiger partial charge in [-0.15, -0.1) is 0 Å². The van der Waals surface area contributed by atoms with Gasteiger partial charge in [0.05, 0.1) is 5.02 Å². The van der Waals surface area contributed by atoms with Crippen molar-refractivity contribution in [2.75, 3.05) is 6.54 Å². The van der Waals surface area contributed by atoms with E-state index < -0.39 is 10.0 Å². The fraction of sp³-hybridized carbons (Fsp3) is 0.583. The molecule has 0 N–H and O–H groups in total. The molecule has 0 aliphatic carbocycles. The number of sulfonamides is 1. The summed E-state index contributed by atoms with van der Waals surface area (Å²) in [6.07, 6.45) is 2.77. The standard InChI is InChI=1S/C12H19ClN2O2S/c1-9(2)8-15(10(3)4)18(16,17)12-7-14-6-5-11(12)13/h5-7,9-10H,8H2,1-4H3. The Balaban J connectivity index is 3.22. The third-order valence-corrected chi connectivity index (χ3v) is 4.95. The number of halogens is 1. The van der Waals surface area contributed by atoms with Gasteiger partial charge in [0.15, 0.2) is 0 Å². The van der Waals surface area contributed by atoms with Crippen molar-refractivity contribution in [3.05, 3.63) is 23.5 Å². The first kappa shape index (κ1) is 15.4. The monoisotopic (exact) mass is 290 g/mol. The molecule has 0 bridgehead atoms. The van der Waals surface area contributed by atoms with Crippen molar-refractivity contribution in [2.45, 2.75) is 38.6 Å². The molecule has 0 saturated carbocycles. The zero-order valence-electron chi connectivity index (χ0n) is 11.1. The molecular formula is C12H19ClN2O2S. The Labute approximate surface area is 114 Å². The molecule has 0 fully saturated rings. The molecule has 0 spiro atoms. The quantitative estimate of drug-likeness (QED) is 0.838. The highest BCUT2D eigenvalue weighted by Crippen LogP contribution is 2.25. The molecular weight excluding hydrogens is 272 g/mol. The minimum atomic E-state index is -3.59. The van der Waals surface area contributed by atoms with Gasteiger partial charge in [0.25, 0.3) is 0 Å². The van der Waals surface area contributed by atoms with Crippen LogP contribution >= 0.6 is 11.6 Å². The first-order valence-corrected chi connectivity index (χ1v) is 7.70. The van der Waals surface area contributed by atoms with Crippen LogP contribution in [0.15, 0.2) is 23.4 Å². The Kier molecular flexibility index (Phi) is 5.13. The van der Waals surface area contributed by atoms with Crippen LogP contribution in [-0.2, 0) is 10.0 Å². The summed E-state index contributed by atoms with van der Waals surface area (Å²) in [5, 5.41) is 0.208. The van der Waals surface area contributed by atoms with Gasteiger partial charge in [-0.25, -0.2) is 8.42 Å². The van der Waals surface area contributed by atoms with Gasteiger partial charge >= 0.3 is 0 Å². The molecule has 4 nitrogen and oxygen atoms in total. The summed E-state index contributed by atoms with van der Waals surface area (Å²) < 4.78 is 26.5. The van der Waals surface area contributed by atoms with Crippen molar-refractivity contribution in [2.24, 2.45) is 5.92 Å². The smallest absolute Gasteiger partial charge is 0.246 e. The van der Waals surface area contributed by atoms with E-state index in [2.05, 4.69) is 4.98 Å². The van der Waals surface area contributed by atoms with E-state index in [0.29, 0.717) is 6.54 Å². The maximum atomic E-state index is 12.5. The van der Waals surface area contributed by atoms with Crippen molar-refractivity contribution < 1.29 is 8.42 Å². The van der Waals surface area contributed by atoms with E-state index in [1.165, 1.54) is 22.8 Å². The van der Waals surface area contributed by atoms with Crippen LogP contribution in [0.25, 0.3) is 0 Å². The molecule has 0 unspecified atom stereocenters. The molecule has 0 saturated heterocycles. The first-order chi connectivity index (χ1) is 8.26. The van der Waals surface area contributed by atoms with Crippen molar-refractivity contribution in [1.82, 2.24) is 9.29 Å². The maximum absolute atomic E-state index is 12.5. The molecule has 0 atom stereocenters. The number of pyridine rings is 1. The average Bonchev–Trinajstić information content (AvgIpc) is 2.25. The summed E-state index contributed by atoms with van der Waals surface area (Å²) in [7, 11) is -3.59. The zero-order chi connectivity index (χ0) is 13.9. The van der Waals surface area contributed by atoms with E-state index in [1.807, 2.05) is 27.7 Å². The normalized spacial score (nSPS) is 12.7. The topological polar surface area (TPSA) is 50.3 Å². The molecule has 1 rings (SSSR count). The van der Waals surface area contributed by atoms with Gasteiger partial charge in [0.1, 0.15) is 4.90 Å². The van der Waals surface area contributed by atoms with Crippen molar-refractivity contribution in [1.29, 1.82) is 0 Å². The minimum Gasteiger partial charge on any atom is -0.263 e. The summed E-state index contributed by atoms with van der Waals surface area (Å²) >= 11 is 5.95. The van der Waals surface area contributed by atoms with Crippen LogP contribution in [0.1, 0.15) is 27.7 Å². The Bertz CT molecular complexity index is 501. The van der Waals surface area contributed by atoms with Gasteiger partial charge < -0.3 is 0 Å². The fourth-order valence-electron chi connectivity index (χ4n) is 1.63. The van der Waals surface area contributed by atoms with Gasteiger partial charge in [0.2, 0.25) is 10.0 Å². The summed E-state index contributed by atoms with van der Waals surface area (Å²) in [5.74, 6) is 0.248. The molecule has 6 heteroatoms. The molecule has 18 heavy (non-hydrogen) atoms. The first-order valence-electron chi connectivity index (χ1n) is 5.88. The van der Waals surface area contributed by atoms with E-state index in [1.54, 1.807) is 0 Å². The molecule has 0 aliphatic rings. The lowest BCUT2D eigenvalue weighted by molar-refractivity contribution is 0.319. The second-order valence-electron chi connectivity index (χ2n) is 4.87. The Morgan fingerprint density at radius 2 is 1.94 bits per heavy atom. The Morgan fingerprint density at radius 3 is 2.39 bits per heavy atom. The van der Waals surface area contributed by atoms with E-state index >= 15 is 0 Å². The van der Waals surface area contributed by atoms with Gasteiger partial charge in [0, 0.05) is 25.0 Å². The van der Waals surface area contributed by atoms with Gasteiger partial charge in [-0.05, 0) is 25.8 Å². The van der Waals surface area contributed by atoms with E-state index in [0.717, 1.165) is 0 Å². The van der Waals surface area contributed by atoms with Crippen LogP contribution < -0.4 is 0 Å². The fourth-order valence-corrected chi connectivity index (χ4v) is 3.83. The number of aromatic nitrogens is 1. The molecule has 1 heterocycles. The van der Waals surface area contributed by atoms with E-state index in [-0.39, 0.29) is 21.9 Å². The lowest BCUT2D eigenvalue weighted by Gasteiger charge is -2.27. The van der Waals surface area contributed by atoms with Gasteiger partial charge in [-0.3, -0.25) is 4.98 Å². The van der Waals surface area contributed by atoms with E-state index in [4.69, 9.17) is 11.6 Å². The third kappa shape index (κ3) is 3.43. The highest BCUT2D eigenvalue weighted by atomic mass is 35.5. The second-order valence-corrected chi connectivity index (χ2v) is 7.13. The lowest BCUT2D eigenvalue weighted by atomic mass is 10.2. The molecule has 1 aromatic rings. The van der Waals surface area contributed by atoms with Crippen molar-refractivity contribution >= 4 is 21.6 Å². The number of nitrogens with zero attached hydrogens (tertiary/aromatic N) is 2. The number of rotatable bonds is 5. The van der Waals surface area contributed by atoms with Crippen LogP contribution in [0.3, 0.4) is 0 Å². The van der Waals surface area contributed by atoms with Crippen molar-refractivity contribution in [3.8, 4) is 0 Å². The van der Waals surface area contributed by atoms with Crippen LogP contribution in [0, 0.1) is 5.92 Å². The predicted octanol–water partition coefficient (Wildman–Crippen LogP) is 2.79. The lowest BCUT2D eigenvalue weighted by Crippen LogP contribution is -2.39. The van der Waals surface area contributed by atoms with Gasteiger partial charge in [-0.2, -0.15) is 4.31 Å². The summed E-state index contributed by atoms with van der Waals surface area (Å²) in [6, 6.07) is 1.37. The largest absolute Gasteiger partial charge is 0.263 e. The predicted molar refractivity (Wildman–Crippen MR) is 73.1 cm³/mol. The van der Waals surface area contributed by atoms with Gasteiger partial charge in [-0.1, -0.05) is 25.4 Å². The SMILES string of the molecule is CC(C)CN(C(C)C)S(=O)(=O)c1cnccc1Cl. The maximum Gasteiger partial charge on any atom is 0.246 e. The Hall–Kier alpha value is -0.650. The molecule has 0 amide bonds. The number of hydrogen-bond acceptors (Lipinski definition) is 3. The summed E-state index contributed by atoms with van der Waals surface area (Å²) in [4.78, 5) is 3.91. The minimum absolute atomic E-state index is 0.0704. The summed E-state index contributed by atoms with van der Waals surface area (Å²) in [5.41, 5.74) is 0. The van der Waals surface area contributed by atoms with Crippen LogP contribution in [0.2, 0.25) is 5.02 Å². The Morgan fingerprint density at radius 1 is 1.33 bits per heavy atom. The molecule has 1 aromatic heterocycles. The molecule has 102 valence electrons. The third-order valence-electron chi connectivity index (χ3n) is 2.44. The van der Waals surface area contributed by atoms with Crippen LogP contribution in [0.5, 0.6) is 0 Å². The molecule has 0 radical (unpaired) electrons. The second kappa shape index (κ2) is 5.99. The molecule has 0 aromatic carbocycles. The summed E-state index contributed by atoms with van der Waals surface area (Å²) in [6.45, 7) is 8.13. The molecule has 0 aliphatic heterocycles.